The fourth-order valence-electron chi connectivity index (χ4n) is 3.15. The van der Waals surface area contributed by atoms with Gasteiger partial charge in [0.05, 0.1) is 5.69 Å². The summed E-state index contributed by atoms with van der Waals surface area (Å²) in [5.41, 5.74) is 1.92. The van der Waals surface area contributed by atoms with E-state index in [0.29, 0.717) is 24.5 Å². The van der Waals surface area contributed by atoms with Gasteiger partial charge in [-0.3, -0.25) is 9.48 Å². The fourth-order valence-corrected chi connectivity index (χ4v) is 3.15. The summed E-state index contributed by atoms with van der Waals surface area (Å²) < 4.78 is 9.44. The molecule has 2 atom stereocenters. The molecule has 1 fully saturated rings. The molecular formula is C16H18N6O2. The van der Waals surface area contributed by atoms with Crippen molar-refractivity contribution in [3.63, 3.8) is 0 Å². The van der Waals surface area contributed by atoms with Crippen LogP contribution in [0.1, 0.15) is 28.7 Å². The molecule has 4 rings (SSSR count). The smallest absolute Gasteiger partial charge is 0.273 e. The van der Waals surface area contributed by atoms with E-state index < -0.39 is 0 Å². The summed E-state index contributed by atoms with van der Waals surface area (Å²) in [5.74, 6) is -0.00807. The maximum Gasteiger partial charge on any atom is 0.273 e. The summed E-state index contributed by atoms with van der Waals surface area (Å²) in [4.78, 5) is 20.8. The Balaban J connectivity index is 1.47. The van der Waals surface area contributed by atoms with E-state index in [1.54, 1.807) is 35.4 Å². The van der Waals surface area contributed by atoms with Gasteiger partial charge < -0.3 is 14.5 Å². The Morgan fingerprint density at radius 3 is 2.96 bits per heavy atom. The summed E-state index contributed by atoms with van der Waals surface area (Å²) in [7, 11) is 1.90. The Morgan fingerprint density at radius 1 is 1.33 bits per heavy atom. The van der Waals surface area contributed by atoms with E-state index in [4.69, 9.17) is 4.74 Å². The van der Waals surface area contributed by atoms with Crippen molar-refractivity contribution in [1.82, 2.24) is 29.5 Å². The van der Waals surface area contributed by atoms with Crippen molar-refractivity contribution in [1.29, 1.82) is 0 Å². The number of aromatic nitrogens is 5. The lowest BCUT2D eigenvalue weighted by atomic mass is 9.99. The van der Waals surface area contributed by atoms with Crippen LogP contribution < -0.4 is 5.32 Å². The number of fused-ring (bicyclic) bond motifs is 1. The lowest BCUT2D eigenvalue weighted by Crippen LogP contribution is -2.31. The number of aryl methyl sites for hydroxylation is 1. The quantitative estimate of drug-likeness (QED) is 0.772. The van der Waals surface area contributed by atoms with E-state index in [2.05, 4.69) is 20.4 Å². The highest BCUT2D eigenvalue weighted by Crippen LogP contribution is 2.33. The summed E-state index contributed by atoms with van der Waals surface area (Å²) in [5, 5.41) is 7.16. The van der Waals surface area contributed by atoms with Gasteiger partial charge in [0.15, 0.2) is 11.3 Å². The Labute approximate surface area is 138 Å². The molecule has 1 aliphatic rings. The second-order valence-electron chi connectivity index (χ2n) is 5.86. The van der Waals surface area contributed by atoms with E-state index in [1.807, 2.05) is 17.8 Å². The number of ether oxygens (including phenoxy) is 1. The van der Waals surface area contributed by atoms with Crippen LogP contribution in [0.5, 0.6) is 0 Å². The highest BCUT2D eigenvalue weighted by molar-refractivity contribution is 5.97. The van der Waals surface area contributed by atoms with Crippen LogP contribution in [0.15, 0.2) is 37.1 Å². The van der Waals surface area contributed by atoms with Crippen LogP contribution in [0, 0.1) is 5.92 Å². The number of carbonyl (C=O) groups excluding carboxylic acids is 1. The Morgan fingerprint density at radius 2 is 2.17 bits per heavy atom. The minimum atomic E-state index is -0.220. The van der Waals surface area contributed by atoms with Crippen LogP contribution in [0.2, 0.25) is 0 Å². The molecular weight excluding hydrogens is 308 g/mol. The van der Waals surface area contributed by atoms with Gasteiger partial charge in [-0.1, -0.05) is 0 Å². The molecule has 1 aliphatic heterocycles. The molecule has 0 spiro atoms. The number of amides is 1. The standard InChI is InChI=1S/C16H18N6O2/c1-21-12(2-4-20-21)14-11(3-9-24-14)10-19-16(23)13-15-18-6-8-22(15)7-5-17-13/h2,4-8,11,14H,3,9-10H2,1H3,(H,19,23)/t11-,14+/m0/s1. The molecule has 0 saturated carbocycles. The fraction of sp³-hybridized carbons (Fsp3) is 0.375. The maximum absolute atomic E-state index is 12.5. The minimum Gasteiger partial charge on any atom is -0.372 e. The molecule has 4 heterocycles. The molecule has 8 heteroatoms. The highest BCUT2D eigenvalue weighted by Gasteiger charge is 2.32. The predicted octanol–water partition coefficient (Wildman–Crippen LogP) is 0.970. The molecule has 0 bridgehead atoms. The SMILES string of the molecule is Cn1nccc1[C@@H]1OCC[C@H]1CNC(=O)c1nccn2ccnc12. The molecule has 0 aromatic carbocycles. The molecule has 3 aromatic heterocycles. The zero-order chi connectivity index (χ0) is 16.5. The Kier molecular flexibility index (Phi) is 3.73. The lowest BCUT2D eigenvalue weighted by molar-refractivity contribution is 0.0800. The molecule has 24 heavy (non-hydrogen) atoms. The van der Waals surface area contributed by atoms with Crippen molar-refractivity contribution in [2.24, 2.45) is 13.0 Å². The first-order valence-corrected chi connectivity index (χ1v) is 7.89. The topological polar surface area (TPSA) is 86.3 Å². The van der Waals surface area contributed by atoms with Crippen LogP contribution in [0.4, 0.5) is 0 Å². The lowest BCUT2D eigenvalue weighted by Gasteiger charge is -2.19. The molecule has 1 saturated heterocycles. The molecule has 8 nitrogen and oxygen atoms in total. The zero-order valence-corrected chi connectivity index (χ0v) is 13.3. The van der Waals surface area contributed by atoms with Gasteiger partial charge in [0.25, 0.3) is 5.91 Å². The summed E-state index contributed by atoms with van der Waals surface area (Å²) in [6.07, 6.45) is 9.41. The number of rotatable bonds is 4. The summed E-state index contributed by atoms with van der Waals surface area (Å²) in [6, 6.07) is 1.96. The van der Waals surface area contributed by atoms with Gasteiger partial charge in [0, 0.05) is 57.1 Å². The third kappa shape index (κ3) is 2.54. The largest absolute Gasteiger partial charge is 0.372 e. The predicted molar refractivity (Wildman–Crippen MR) is 85.3 cm³/mol. The van der Waals surface area contributed by atoms with Gasteiger partial charge in [-0.2, -0.15) is 5.10 Å². The summed E-state index contributed by atoms with van der Waals surface area (Å²) >= 11 is 0. The second-order valence-corrected chi connectivity index (χ2v) is 5.86. The van der Waals surface area contributed by atoms with E-state index in [-0.39, 0.29) is 17.9 Å². The minimum absolute atomic E-state index is 0.0482. The second kappa shape index (κ2) is 6.04. The van der Waals surface area contributed by atoms with Crippen LogP contribution in [-0.2, 0) is 11.8 Å². The van der Waals surface area contributed by atoms with E-state index in [1.165, 1.54) is 0 Å². The van der Waals surface area contributed by atoms with Gasteiger partial charge >= 0.3 is 0 Å². The van der Waals surface area contributed by atoms with Crippen molar-refractivity contribution in [2.75, 3.05) is 13.2 Å². The summed E-state index contributed by atoms with van der Waals surface area (Å²) in [6.45, 7) is 1.21. The van der Waals surface area contributed by atoms with Gasteiger partial charge in [-0.25, -0.2) is 9.97 Å². The molecule has 3 aromatic rings. The van der Waals surface area contributed by atoms with Crippen LogP contribution >= 0.6 is 0 Å². The first kappa shape index (κ1) is 14.8. The van der Waals surface area contributed by atoms with Crippen molar-refractivity contribution in [3.8, 4) is 0 Å². The van der Waals surface area contributed by atoms with Crippen molar-refractivity contribution in [2.45, 2.75) is 12.5 Å². The number of carbonyl (C=O) groups is 1. The van der Waals surface area contributed by atoms with E-state index >= 15 is 0 Å². The first-order chi connectivity index (χ1) is 11.7. The maximum atomic E-state index is 12.5. The molecule has 124 valence electrons. The number of hydrogen-bond acceptors (Lipinski definition) is 5. The first-order valence-electron chi connectivity index (χ1n) is 7.89. The van der Waals surface area contributed by atoms with Crippen LogP contribution in [0.3, 0.4) is 0 Å². The van der Waals surface area contributed by atoms with Crippen molar-refractivity contribution >= 4 is 11.6 Å². The third-order valence-electron chi connectivity index (χ3n) is 4.42. The molecule has 1 N–H and O–H groups in total. The van der Waals surface area contributed by atoms with Gasteiger partial charge in [0.2, 0.25) is 0 Å². The molecule has 0 radical (unpaired) electrons. The van der Waals surface area contributed by atoms with Crippen LogP contribution in [-0.4, -0.2) is 43.2 Å². The van der Waals surface area contributed by atoms with Crippen LogP contribution in [0.25, 0.3) is 5.65 Å². The molecule has 1 amide bonds. The number of hydrogen-bond donors (Lipinski definition) is 1. The number of nitrogens with zero attached hydrogens (tertiary/aromatic N) is 5. The zero-order valence-electron chi connectivity index (χ0n) is 13.3. The average molecular weight is 326 g/mol. The third-order valence-corrected chi connectivity index (χ3v) is 4.42. The van der Waals surface area contributed by atoms with E-state index in [9.17, 15) is 4.79 Å². The Bertz CT molecular complexity index is 870. The average Bonchev–Trinajstić information content (AvgIpc) is 3.31. The molecule has 0 aliphatic carbocycles. The van der Waals surface area contributed by atoms with E-state index in [0.717, 1.165) is 12.1 Å². The highest BCUT2D eigenvalue weighted by atomic mass is 16.5. The van der Waals surface area contributed by atoms with Crippen molar-refractivity contribution < 1.29 is 9.53 Å². The Hall–Kier alpha value is -2.74. The normalized spacial score (nSPS) is 20.5. The van der Waals surface area contributed by atoms with Crippen molar-refractivity contribution in [3.05, 3.63) is 48.4 Å². The number of nitrogens with one attached hydrogen (secondary N) is 1. The van der Waals surface area contributed by atoms with Gasteiger partial charge in [-0.15, -0.1) is 0 Å². The molecule has 0 unspecified atom stereocenters. The van der Waals surface area contributed by atoms with Gasteiger partial charge in [-0.05, 0) is 12.5 Å². The number of imidazole rings is 1. The monoisotopic (exact) mass is 326 g/mol. The van der Waals surface area contributed by atoms with Gasteiger partial charge in [0.1, 0.15) is 6.10 Å².